The summed E-state index contributed by atoms with van der Waals surface area (Å²) in [6.45, 7) is 1.14. The smallest absolute Gasteiger partial charge is 0.475 e. The molecule has 3 rings (SSSR count). The average Bonchev–Trinajstić information content (AvgIpc) is 2.90. The number of aliphatic carboxylic acids is 1. The molecule has 2 atom stereocenters. The summed E-state index contributed by atoms with van der Waals surface area (Å²) in [5.74, 6) is -2.59. The quantitative estimate of drug-likeness (QED) is 0.688. The Morgan fingerprint density at radius 3 is 2.17 bits per heavy atom. The van der Waals surface area contributed by atoms with Gasteiger partial charge in [-0.3, -0.25) is 0 Å². The van der Waals surface area contributed by atoms with Crippen LogP contribution in [0.25, 0.3) is 0 Å². The second-order valence-corrected chi connectivity index (χ2v) is 11.3. The fourth-order valence-corrected chi connectivity index (χ4v) is 7.15. The second kappa shape index (κ2) is 9.20. The number of benzene rings is 1. The minimum absolute atomic E-state index is 0.0928. The Morgan fingerprint density at radius 2 is 1.63 bits per heavy atom. The van der Waals surface area contributed by atoms with Crippen LogP contribution in [-0.4, -0.2) is 87.0 Å². The molecule has 2 heterocycles. The van der Waals surface area contributed by atoms with E-state index in [9.17, 15) is 30.0 Å². The molecule has 2 aliphatic heterocycles. The molecule has 8 nitrogen and oxygen atoms in total. The first-order valence-electron chi connectivity index (χ1n) is 9.04. The van der Waals surface area contributed by atoms with Crippen molar-refractivity contribution < 1.29 is 39.9 Å². The van der Waals surface area contributed by atoms with Crippen LogP contribution in [0.2, 0.25) is 0 Å². The summed E-state index contributed by atoms with van der Waals surface area (Å²) in [7, 11) is -4.78. The van der Waals surface area contributed by atoms with Crippen molar-refractivity contribution in [2.75, 3.05) is 32.4 Å². The van der Waals surface area contributed by atoms with Gasteiger partial charge in [0, 0.05) is 25.7 Å². The van der Waals surface area contributed by atoms with Gasteiger partial charge in [0.1, 0.15) is 0 Å². The summed E-state index contributed by atoms with van der Waals surface area (Å²) < 4.78 is 83.4. The first-order valence-corrected chi connectivity index (χ1v) is 12.2. The third-order valence-corrected chi connectivity index (χ3v) is 9.28. The van der Waals surface area contributed by atoms with Crippen molar-refractivity contribution in [1.29, 1.82) is 0 Å². The maximum atomic E-state index is 12.8. The zero-order valence-corrected chi connectivity index (χ0v) is 17.8. The van der Waals surface area contributed by atoms with Crippen LogP contribution in [0, 0.1) is 0 Å². The lowest BCUT2D eigenvalue weighted by molar-refractivity contribution is -0.192. The number of sulfone groups is 1. The maximum Gasteiger partial charge on any atom is 0.490 e. The fourth-order valence-electron chi connectivity index (χ4n) is 3.53. The monoisotopic (exact) mass is 472 g/mol. The number of carbonyl (C=O) groups is 1. The third-order valence-electron chi connectivity index (χ3n) is 5.15. The fraction of sp³-hybridized carbons (Fsp3) is 0.588. The zero-order chi connectivity index (χ0) is 22.7. The second-order valence-electron chi connectivity index (χ2n) is 7.05. The summed E-state index contributed by atoms with van der Waals surface area (Å²) in [5.41, 5.74) is 0. The lowest BCUT2D eigenvalue weighted by Crippen LogP contribution is -2.52. The van der Waals surface area contributed by atoms with Gasteiger partial charge in [-0.15, -0.1) is 0 Å². The largest absolute Gasteiger partial charge is 0.490 e. The summed E-state index contributed by atoms with van der Waals surface area (Å²) in [6.07, 6.45) is -4.17. The Kier molecular flexibility index (Phi) is 7.54. The highest BCUT2D eigenvalue weighted by Crippen LogP contribution is 2.29. The number of nitrogens with zero attached hydrogens (tertiary/aromatic N) is 2. The Bertz CT molecular complexity index is 951. The van der Waals surface area contributed by atoms with Gasteiger partial charge in [-0.25, -0.2) is 21.6 Å². The summed E-state index contributed by atoms with van der Waals surface area (Å²) >= 11 is 0. The molecule has 0 aliphatic carbocycles. The predicted molar refractivity (Wildman–Crippen MR) is 102 cm³/mol. The first kappa shape index (κ1) is 24.6. The molecule has 2 saturated heterocycles. The van der Waals surface area contributed by atoms with Crippen LogP contribution in [0.1, 0.15) is 12.8 Å². The molecule has 170 valence electrons. The lowest BCUT2D eigenvalue weighted by Gasteiger charge is -2.37. The van der Waals surface area contributed by atoms with Gasteiger partial charge in [-0.2, -0.15) is 17.5 Å². The molecule has 0 spiro atoms. The van der Waals surface area contributed by atoms with Crippen molar-refractivity contribution in [3.8, 4) is 0 Å². The number of rotatable bonds is 2. The van der Waals surface area contributed by atoms with Crippen LogP contribution >= 0.6 is 0 Å². The van der Waals surface area contributed by atoms with Crippen LogP contribution in [0.3, 0.4) is 0 Å². The normalized spacial score (nSPS) is 25.3. The van der Waals surface area contributed by atoms with E-state index in [1.165, 1.54) is 4.31 Å². The topological polar surface area (TPSA) is 112 Å². The molecule has 1 aromatic rings. The molecule has 30 heavy (non-hydrogen) atoms. The van der Waals surface area contributed by atoms with Crippen LogP contribution in [0.4, 0.5) is 13.2 Å². The molecule has 1 aromatic carbocycles. The van der Waals surface area contributed by atoms with Crippen molar-refractivity contribution in [3.05, 3.63) is 30.3 Å². The van der Waals surface area contributed by atoms with Crippen LogP contribution in [0.5, 0.6) is 0 Å². The lowest BCUT2D eigenvalue weighted by atomic mass is 10.1. The van der Waals surface area contributed by atoms with Crippen molar-refractivity contribution in [2.24, 2.45) is 0 Å². The van der Waals surface area contributed by atoms with Gasteiger partial charge in [0.25, 0.3) is 0 Å². The molecule has 0 aromatic heterocycles. The van der Waals surface area contributed by atoms with E-state index in [0.29, 0.717) is 25.9 Å². The number of halogens is 3. The van der Waals surface area contributed by atoms with Crippen LogP contribution in [0.15, 0.2) is 35.2 Å². The van der Waals surface area contributed by atoms with Crippen LogP contribution < -0.4 is 0 Å². The van der Waals surface area contributed by atoms with Gasteiger partial charge in [0.2, 0.25) is 10.0 Å². The minimum atomic E-state index is -5.08. The number of hydrogen-bond donors (Lipinski definition) is 1. The Labute approximate surface area is 173 Å². The van der Waals surface area contributed by atoms with Gasteiger partial charge < -0.3 is 10.0 Å². The number of sulfonamides is 1. The minimum Gasteiger partial charge on any atom is -0.475 e. The number of carboxylic acid groups (broad SMARTS) is 1. The van der Waals surface area contributed by atoms with E-state index in [4.69, 9.17) is 9.90 Å². The standard InChI is InChI=1S/C15H22N2O4S2.C2HF3O2/c1-16-11-12-22(18,19)15-8-10-17(9-7-14(15)16)23(20,21)13-5-3-2-4-6-13;3-2(4,5)1(6)7/h2-6,14-15H,7-12H2,1H3;(H,6,7)/t14-,15+;/m0./s1. The highest BCUT2D eigenvalue weighted by Gasteiger charge is 2.43. The summed E-state index contributed by atoms with van der Waals surface area (Å²) in [5, 5.41) is 6.66. The molecule has 1 N–H and O–H groups in total. The van der Waals surface area contributed by atoms with E-state index in [2.05, 4.69) is 4.90 Å². The van der Waals surface area contributed by atoms with E-state index in [1.807, 2.05) is 7.05 Å². The molecule has 0 saturated carbocycles. The highest BCUT2D eigenvalue weighted by molar-refractivity contribution is 7.92. The first-order chi connectivity index (χ1) is 13.8. The van der Waals surface area contributed by atoms with Gasteiger partial charge in [0.05, 0.1) is 15.9 Å². The molecule has 0 unspecified atom stereocenters. The van der Waals surface area contributed by atoms with E-state index in [1.54, 1.807) is 30.3 Å². The van der Waals surface area contributed by atoms with E-state index in [-0.39, 0.29) is 23.2 Å². The molecular formula is C17H23F3N2O6S2. The molecule has 13 heteroatoms. The Hall–Kier alpha value is -1.70. The predicted octanol–water partition coefficient (Wildman–Crippen LogP) is 1.20. The SMILES string of the molecule is CN1CCS(=O)(=O)[C@@H]2CCN(S(=O)(=O)c3ccccc3)CC[C@@H]21.O=C(O)C(F)(F)F. The van der Waals surface area contributed by atoms with Gasteiger partial charge in [0.15, 0.2) is 9.84 Å². The molecule has 0 bridgehead atoms. The van der Waals surface area contributed by atoms with Gasteiger partial charge >= 0.3 is 12.1 Å². The van der Waals surface area contributed by atoms with Crippen molar-refractivity contribution in [3.63, 3.8) is 0 Å². The highest BCUT2D eigenvalue weighted by atomic mass is 32.2. The van der Waals surface area contributed by atoms with Gasteiger partial charge in [-0.1, -0.05) is 18.2 Å². The molecule has 2 aliphatic rings. The summed E-state index contributed by atoms with van der Waals surface area (Å²) in [6, 6.07) is 8.24. The van der Waals surface area contributed by atoms with E-state index >= 15 is 0 Å². The summed E-state index contributed by atoms with van der Waals surface area (Å²) in [4.78, 5) is 11.2. The van der Waals surface area contributed by atoms with Crippen molar-refractivity contribution in [1.82, 2.24) is 9.21 Å². The average molecular weight is 473 g/mol. The number of alkyl halides is 3. The Morgan fingerprint density at radius 1 is 1.10 bits per heavy atom. The van der Waals surface area contributed by atoms with Crippen LogP contribution in [-0.2, 0) is 24.7 Å². The maximum absolute atomic E-state index is 12.8. The number of hydrogen-bond acceptors (Lipinski definition) is 6. The van der Waals surface area contributed by atoms with Crippen molar-refractivity contribution in [2.45, 2.75) is 35.2 Å². The number of fused-ring (bicyclic) bond motifs is 1. The molecule has 2 fully saturated rings. The molecule has 0 amide bonds. The number of carboxylic acids is 1. The third kappa shape index (κ3) is 5.71. The Balaban J connectivity index is 0.000000396. The molecule has 0 radical (unpaired) electrons. The van der Waals surface area contributed by atoms with E-state index in [0.717, 1.165) is 0 Å². The van der Waals surface area contributed by atoms with E-state index < -0.39 is 37.3 Å². The van der Waals surface area contributed by atoms with Gasteiger partial charge in [-0.05, 0) is 32.0 Å². The molecular weight excluding hydrogens is 449 g/mol. The van der Waals surface area contributed by atoms with Crippen molar-refractivity contribution >= 4 is 25.8 Å². The zero-order valence-electron chi connectivity index (χ0n) is 16.1.